The van der Waals surface area contributed by atoms with Gasteiger partial charge in [0, 0.05) is 12.6 Å². The highest BCUT2D eigenvalue weighted by Crippen LogP contribution is 2.42. The number of rotatable bonds is 9. The van der Waals surface area contributed by atoms with E-state index in [4.69, 9.17) is 24.7 Å². The third kappa shape index (κ3) is 5.24. The van der Waals surface area contributed by atoms with Crippen molar-refractivity contribution < 1.29 is 24.1 Å². The second kappa shape index (κ2) is 11.3. The van der Waals surface area contributed by atoms with Crippen molar-refractivity contribution >= 4 is 5.82 Å². The van der Waals surface area contributed by atoms with Gasteiger partial charge in [0.15, 0.2) is 0 Å². The summed E-state index contributed by atoms with van der Waals surface area (Å²) in [5.74, 6) is 1.56. The summed E-state index contributed by atoms with van der Waals surface area (Å²) < 4.78 is 25.1. The van der Waals surface area contributed by atoms with Gasteiger partial charge in [0.05, 0.1) is 26.9 Å². The Kier molecular flexibility index (Phi) is 7.65. The van der Waals surface area contributed by atoms with Crippen molar-refractivity contribution in [3.8, 4) is 11.5 Å². The van der Waals surface area contributed by atoms with Crippen molar-refractivity contribution in [2.75, 3.05) is 26.6 Å². The van der Waals surface area contributed by atoms with Gasteiger partial charge in [-0.2, -0.15) is 4.98 Å². The quantitative estimate of drug-likeness (QED) is 0.315. The summed E-state index contributed by atoms with van der Waals surface area (Å²) in [6.45, 7) is 0.0434. The average Bonchev–Trinajstić information content (AvgIpc) is 3.34. The van der Waals surface area contributed by atoms with Gasteiger partial charge in [-0.15, -0.1) is 0 Å². The molecule has 1 aliphatic heterocycles. The number of methoxy groups -OCH3 is 2. The highest BCUT2D eigenvalue weighted by atomic mass is 16.6. The van der Waals surface area contributed by atoms with Crippen LogP contribution in [0.1, 0.15) is 29.3 Å². The van der Waals surface area contributed by atoms with E-state index in [1.807, 2.05) is 78.9 Å². The number of anilines is 1. The fourth-order valence-electron chi connectivity index (χ4n) is 4.96. The van der Waals surface area contributed by atoms with Crippen LogP contribution in [-0.4, -0.2) is 47.7 Å². The molecule has 0 aliphatic carbocycles. The first-order valence-corrected chi connectivity index (χ1v) is 12.6. The molecule has 5 rings (SSSR count). The molecule has 202 valence electrons. The molecule has 0 spiro atoms. The Hall–Kier alpha value is -4.18. The minimum Gasteiger partial charge on any atom is -0.497 e. The van der Waals surface area contributed by atoms with E-state index in [-0.39, 0.29) is 18.8 Å². The van der Waals surface area contributed by atoms with Gasteiger partial charge in [-0.3, -0.25) is 4.57 Å². The number of ether oxygens (including phenoxy) is 4. The third-order valence-corrected chi connectivity index (χ3v) is 7.00. The zero-order valence-corrected chi connectivity index (χ0v) is 21.8. The standard InChI is InChI=1S/C30H31N3O6/c1-36-23-12-8-21(9-13-23)30(20-6-4-3-5-7-20,22-10-14-24(37-2)15-11-22)38-19-26-25(34)18-28(39-26)33-17-16-27(31)32-29(33)35/h3-17,25-26,28,34H,18-19H2,1-2H3,(H2,31,32,35)/t25-,26+,28+/m0/s1/i29+2. The normalized spacial score (nSPS) is 19.1. The first kappa shape index (κ1) is 26.4. The van der Waals surface area contributed by atoms with E-state index in [9.17, 15) is 9.90 Å². The molecule has 0 saturated carbocycles. The second-order valence-corrected chi connectivity index (χ2v) is 9.29. The second-order valence-electron chi connectivity index (χ2n) is 9.29. The lowest BCUT2D eigenvalue weighted by atomic mass is 9.80. The van der Waals surface area contributed by atoms with Crippen molar-refractivity contribution in [3.63, 3.8) is 0 Å². The Balaban J connectivity index is 1.53. The fraction of sp³-hybridized carbons (Fsp3) is 0.267. The monoisotopic (exact) mass is 531 g/mol. The molecular formula is C30H31N3O6. The molecule has 3 aromatic carbocycles. The van der Waals surface area contributed by atoms with Gasteiger partial charge >= 0.3 is 5.69 Å². The summed E-state index contributed by atoms with van der Waals surface area (Å²) in [4.78, 5) is 16.1. The van der Waals surface area contributed by atoms with Crippen LogP contribution < -0.4 is 20.9 Å². The molecule has 0 unspecified atom stereocenters. The lowest BCUT2D eigenvalue weighted by molar-refractivity contribution is -0.0944. The van der Waals surface area contributed by atoms with Crippen molar-refractivity contribution in [1.82, 2.24) is 9.55 Å². The lowest BCUT2D eigenvalue weighted by Crippen LogP contribution is -2.38. The van der Waals surface area contributed by atoms with Crippen LogP contribution in [-0.2, 0) is 15.1 Å². The number of hydrogen-bond donors (Lipinski definition) is 2. The highest BCUT2D eigenvalue weighted by molar-refractivity contribution is 5.49. The molecule has 1 aromatic heterocycles. The van der Waals surface area contributed by atoms with Crippen LogP contribution in [0.25, 0.3) is 0 Å². The van der Waals surface area contributed by atoms with E-state index in [0.717, 1.165) is 28.2 Å². The number of aliphatic hydroxyl groups excluding tert-OH is 1. The number of aromatic nitrogens is 2. The summed E-state index contributed by atoms with van der Waals surface area (Å²) in [5, 5.41) is 10.9. The van der Waals surface area contributed by atoms with E-state index in [2.05, 4.69) is 4.98 Å². The smallest absolute Gasteiger partial charge is 0.351 e. The molecular weight excluding hydrogens is 500 g/mol. The molecule has 1 fully saturated rings. The summed E-state index contributed by atoms with van der Waals surface area (Å²) in [6.07, 6.45) is -0.516. The molecule has 9 nitrogen and oxygen atoms in total. The molecule has 9 heteroatoms. The zero-order valence-electron chi connectivity index (χ0n) is 21.8. The Morgan fingerprint density at radius 2 is 1.51 bits per heavy atom. The lowest BCUT2D eigenvalue weighted by Gasteiger charge is -2.37. The minimum atomic E-state index is -1.05. The molecule has 3 atom stereocenters. The Bertz CT molecular complexity index is 1390. The molecule has 0 bridgehead atoms. The van der Waals surface area contributed by atoms with Crippen LogP contribution in [0.2, 0.25) is 0 Å². The summed E-state index contributed by atoms with van der Waals surface area (Å²) in [7, 11) is 3.24. The largest absolute Gasteiger partial charge is 0.497 e. The van der Waals surface area contributed by atoms with Crippen LogP contribution in [0.4, 0.5) is 5.82 Å². The van der Waals surface area contributed by atoms with Crippen LogP contribution in [0.3, 0.4) is 0 Å². The van der Waals surface area contributed by atoms with E-state index in [1.54, 1.807) is 14.2 Å². The van der Waals surface area contributed by atoms with Crippen LogP contribution in [0.15, 0.2) is 95.9 Å². The number of aliphatic hydroxyl groups is 1. The fourth-order valence-corrected chi connectivity index (χ4v) is 4.96. The predicted molar refractivity (Wildman–Crippen MR) is 146 cm³/mol. The maximum absolute atomic E-state index is 12.4. The van der Waals surface area contributed by atoms with Gasteiger partial charge in [-0.05, 0) is 47.0 Å². The first-order valence-electron chi connectivity index (χ1n) is 12.6. The van der Waals surface area contributed by atoms with Gasteiger partial charge in [0.1, 0.15) is 35.2 Å². The number of nitrogens with two attached hydrogens (primary N) is 1. The molecule has 1 saturated heterocycles. The van der Waals surface area contributed by atoms with E-state index in [1.165, 1.54) is 16.8 Å². The Labute approximate surface area is 226 Å². The molecule has 4 aromatic rings. The number of benzene rings is 3. The summed E-state index contributed by atoms with van der Waals surface area (Å²) >= 11 is 0. The van der Waals surface area contributed by atoms with Crippen LogP contribution in [0.5, 0.6) is 11.5 Å². The third-order valence-electron chi connectivity index (χ3n) is 7.00. The van der Waals surface area contributed by atoms with Gasteiger partial charge in [-0.25, -0.2) is 4.79 Å². The van der Waals surface area contributed by atoms with Crippen LogP contribution in [0, 0.1) is 0 Å². The van der Waals surface area contributed by atoms with Gasteiger partial charge in [-0.1, -0.05) is 54.6 Å². The van der Waals surface area contributed by atoms with Gasteiger partial charge in [0.2, 0.25) is 0 Å². The summed E-state index contributed by atoms with van der Waals surface area (Å²) in [5.41, 5.74) is 6.65. The van der Waals surface area contributed by atoms with Crippen molar-refractivity contribution in [2.45, 2.75) is 30.5 Å². The van der Waals surface area contributed by atoms with Crippen molar-refractivity contribution in [2.24, 2.45) is 0 Å². The minimum absolute atomic E-state index is 0.0434. The topological polar surface area (TPSA) is 118 Å². The summed E-state index contributed by atoms with van der Waals surface area (Å²) in [6, 6.07) is 26.8. The SMILES string of the molecule is COc1ccc(C(OC[C@H]2O[C@@H](n3ccc(N)n[14c]3=O)C[C@@H]2O)(c2ccccc2)c2ccc(OC)cc2)cc1. The van der Waals surface area contributed by atoms with E-state index < -0.39 is 29.7 Å². The molecule has 1 aliphatic rings. The van der Waals surface area contributed by atoms with Gasteiger partial charge < -0.3 is 29.8 Å². The molecule has 3 N–H and O–H groups in total. The maximum atomic E-state index is 12.4. The molecule has 2 heterocycles. The van der Waals surface area contributed by atoms with E-state index in [0.29, 0.717) is 0 Å². The Morgan fingerprint density at radius 1 is 0.949 bits per heavy atom. The van der Waals surface area contributed by atoms with Crippen LogP contribution >= 0.6 is 0 Å². The molecule has 0 amide bonds. The predicted octanol–water partition coefficient (Wildman–Crippen LogP) is 3.50. The zero-order chi connectivity index (χ0) is 27.4. The average molecular weight is 532 g/mol. The van der Waals surface area contributed by atoms with E-state index >= 15 is 0 Å². The van der Waals surface area contributed by atoms with Gasteiger partial charge in [0.25, 0.3) is 0 Å². The maximum Gasteiger partial charge on any atom is 0.351 e. The highest BCUT2D eigenvalue weighted by Gasteiger charge is 2.42. The number of hydrogen-bond acceptors (Lipinski definition) is 8. The van der Waals surface area contributed by atoms with Crippen molar-refractivity contribution in [1.29, 1.82) is 0 Å². The number of nitrogen functional groups attached to an aromatic ring is 1. The number of nitrogens with zero attached hydrogens (tertiary/aromatic N) is 2. The molecule has 39 heavy (non-hydrogen) atoms. The first-order chi connectivity index (χ1) is 18.9. The van der Waals surface area contributed by atoms with Crippen molar-refractivity contribution in [3.05, 3.63) is 118 Å². The Morgan fingerprint density at radius 3 is 2.05 bits per heavy atom. The molecule has 0 radical (unpaired) electrons.